The van der Waals surface area contributed by atoms with Crippen LogP contribution in [0, 0.1) is 0 Å². The van der Waals surface area contributed by atoms with E-state index in [1.54, 1.807) is 7.11 Å². The minimum absolute atomic E-state index is 0.123. The lowest BCUT2D eigenvalue weighted by molar-refractivity contribution is 0.319. The molecule has 16 heavy (non-hydrogen) atoms. The monoisotopic (exact) mass is 223 g/mol. The number of nitrogens with zero attached hydrogens (tertiary/aromatic N) is 1. The molecule has 0 bridgehead atoms. The lowest BCUT2D eigenvalue weighted by atomic mass is 10.0. The maximum Gasteiger partial charge on any atom is 0.201 e. The molecule has 0 saturated carbocycles. The Balaban J connectivity index is 2.48. The third-order valence-electron chi connectivity index (χ3n) is 2.72. The zero-order valence-corrected chi connectivity index (χ0v) is 9.91. The van der Waals surface area contributed by atoms with Crippen LogP contribution in [0.2, 0.25) is 0 Å². The summed E-state index contributed by atoms with van der Waals surface area (Å²) in [6.45, 7) is 1.46. The Kier molecular flexibility index (Phi) is 2.92. The van der Waals surface area contributed by atoms with Crippen molar-refractivity contribution in [1.82, 2.24) is 4.90 Å². The molecule has 0 unspecified atom stereocenters. The standard InChI is InChI=1S/C12H17NO3/c1-13(2)7-8-6-10(15-3)11(14)12-9(8)4-5-16-12/h6,14H,4-5,7H2,1-3H3. The number of aromatic hydroxyl groups is 1. The zero-order valence-electron chi connectivity index (χ0n) is 9.91. The second-order valence-electron chi connectivity index (χ2n) is 4.23. The Morgan fingerprint density at radius 3 is 2.88 bits per heavy atom. The fraction of sp³-hybridized carbons (Fsp3) is 0.500. The van der Waals surface area contributed by atoms with Crippen molar-refractivity contribution in [3.63, 3.8) is 0 Å². The van der Waals surface area contributed by atoms with Gasteiger partial charge in [0.05, 0.1) is 13.7 Å². The van der Waals surface area contributed by atoms with Gasteiger partial charge in [0.2, 0.25) is 5.75 Å². The highest BCUT2D eigenvalue weighted by molar-refractivity contribution is 5.59. The number of hydrogen-bond acceptors (Lipinski definition) is 4. The molecular weight excluding hydrogens is 206 g/mol. The quantitative estimate of drug-likeness (QED) is 0.841. The summed E-state index contributed by atoms with van der Waals surface area (Å²) in [6.07, 6.45) is 0.857. The summed E-state index contributed by atoms with van der Waals surface area (Å²) in [5.41, 5.74) is 2.26. The lowest BCUT2D eigenvalue weighted by Crippen LogP contribution is -2.12. The third-order valence-corrected chi connectivity index (χ3v) is 2.72. The molecular formula is C12H17NO3. The molecule has 1 heterocycles. The molecule has 0 radical (unpaired) electrons. The number of phenols is 1. The van der Waals surface area contributed by atoms with Crippen molar-refractivity contribution in [2.75, 3.05) is 27.8 Å². The largest absolute Gasteiger partial charge is 0.502 e. The molecule has 4 nitrogen and oxygen atoms in total. The van der Waals surface area contributed by atoms with E-state index in [2.05, 4.69) is 4.90 Å². The molecule has 0 fully saturated rings. The van der Waals surface area contributed by atoms with Crippen LogP contribution in [0.15, 0.2) is 6.07 Å². The second kappa shape index (κ2) is 4.22. The van der Waals surface area contributed by atoms with Crippen molar-refractivity contribution < 1.29 is 14.6 Å². The van der Waals surface area contributed by atoms with E-state index in [1.165, 1.54) is 0 Å². The molecule has 4 heteroatoms. The Hall–Kier alpha value is -1.42. The van der Waals surface area contributed by atoms with Crippen LogP contribution in [-0.2, 0) is 13.0 Å². The highest BCUT2D eigenvalue weighted by atomic mass is 16.5. The normalized spacial score (nSPS) is 13.8. The topological polar surface area (TPSA) is 41.9 Å². The van der Waals surface area contributed by atoms with E-state index in [0.717, 1.165) is 24.1 Å². The number of phenolic OH excluding ortho intramolecular Hbond substituents is 1. The van der Waals surface area contributed by atoms with Gasteiger partial charge >= 0.3 is 0 Å². The van der Waals surface area contributed by atoms with Crippen molar-refractivity contribution in [1.29, 1.82) is 0 Å². The first-order valence-electron chi connectivity index (χ1n) is 5.32. The average Bonchev–Trinajstić information content (AvgIpc) is 2.70. The first-order chi connectivity index (χ1) is 7.63. The number of ether oxygens (including phenoxy) is 2. The number of fused-ring (bicyclic) bond motifs is 1. The summed E-state index contributed by atoms with van der Waals surface area (Å²) < 4.78 is 10.6. The van der Waals surface area contributed by atoms with E-state index in [4.69, 9.17) is 9.47 Å². The maximum atomic E-state index is 9.90. The fourth-order valence-electron chi connectivity index (χ4n) is 2.04. The van der Waals surface area contributed by atoms with Gasteiger partial charge in [-0.25, -0.2) is 0 Å². The summed E-state index contributed by atoms with van der Waals surface area (Å²) in [5.74, 6) is 1.20. The van der Waals surface area contributed by atoms with Gasteiger partial charge in [-0.3, -0.25) is 0 Å². The summed E-state index contributed by atoms with van der Waals surface area (Å²) in [5, 5.41) is 9.90. The van der Waals surface area contributed by atoms with Crippen LogP contribution in [0.3, 0.4) is 0 Å². The molecule has 0 amide bonds. The average molecular weight is 223 g/mol. The van der Waals surface area contributed by atoms with Crippen LogP contribution < -0.4 is 9.47 Å². The molecule has 88 valence electrons. The Morgan fingerprint density at radius 1 is 1.50 bits per heavy atom. The van der Waals surface area contributed by atoms with Crippen LogP contribution in [0.25, 0.3) is 0 Å². The molecule has 1 N–H and O–H groups in total. The minimum atomic E-state index is 0.123. The maximum absolute atomic E-state index is 9.90. The van der Waals surface area contributed by atoms with Crippen LogP contribution in [0.5, 0.6) is 17.2 Å². The van der Waals surface area contributed by atoms with Crippen molar-refractivity contribution in [3.05, 3.63) is 17.2 Å². The Bertz CT molecular complexity index is 402. The van der Waals surface area contributed by atoms with Gasteiger partial charge in [0.25, 0.3) is 0 Å². The highest BCUT2D eigenvalue weighted by Crippen LogP contribution is 2.44. The molecule has 1 aliphatic rings. The van der Waals surface area contributed by atoms with E-state index in [9.17, 15) is 5.11 Å². The first kappa shape index (κ1) is 11.1. The molecule has 0 saturated heterocycles. The van der Waals surface area contributed by atoms with Crippen molar-refractivity contribution in [3.8, 4) is 17.2 Å². The highest BCUT2D eigenvalue weighted by Gasteiger charge is 2.23. The fourth-order valence-corrected chi connectivity index (χ4v) is 2.04. The Morgan fingerprint density at radius 2 is 2.25 bits per heavy atom. The van der Waals surface area contributed by atoms with Gasteiger partial charge in [0.15, 0.2) is 11.5 Å². The SMILES string of the molecule is COc1cc(CN(C)C)c2c(c1O)OCC2. The van der Waals surface area contributed by atoms with Crippen LogP contribution in [0.4, 0.5) is 0 Å². The van der Waals surface area contributed by atoms with Crippen LogP contribution in [-0.4, -0.2) is 37.8 Å². The molecule has 0 spiro atoms. The van der Waals surface area contributed by atoms with Gasteiger partial charge < -0.3 is 19.5 Å². The van der Waals surface area contributed by atoms with E-state index >= 15 is 0 Å². The predicted octanol–water partition coefficient (Wildman–Crippen LogP) is 1.40. The van der Waals surface area contributed by atoms with Crippen LogP contribution in [0.1, 0.15) is 11.1 Å². The molecule has 0 aliphatic carbocycles. The van der Waals surface area contributed by atoms with E-state index in [0.29, 0.717) is 18.1 Å². The van der Waals surface area contributed by atoms with Crippen LogP contribution >= 0.6 is 0 Å². The molecule has 0 atom stereocenters. The molecule has 1 aliphatic heterocycles. The zero-order chi connectivity index (χ0) is 11.7. The summed E-state index contributed by atoms with van der Waals surface area (Å²) in [4.78, 5) is 2.09. The summed E-state index contributed by atoms with van der Waals surface area (Å²) >= 11 is 0. The van der Waals surface area contributed by atoms with Gasteiger partial charge in [-0.2, -0.15) is 0 Å². The second-order valence-corrected chi connectivity index (χ2v) is 4.23. The van der Waals surface area contributed by atoms with Crippen molar-refractivity contribution in [2.24, 2.45) is 0 Å². The van der Waals surface area contributed by atoms with Gasteiger partial charge in [-0.05, 0) is 25.7 Å². The van der Waals surface area contributed by atoms with E-state index < -0.39 is 0 Å². The number of benzene rings is 1. The van der Waals surface area contributed by atoms with Crippen molar-refractivity contribution in [2.45, 2.75) is 13.0 Å². The third kappa shape index (κ3) is 1.80. The smallest absolute Gasteiger partial charge is 0.201 e. The van der Waals surface area contributed by atoms with Gasteiger partial charge in [-0.1, -0.05) is 0 Å². The van der Waals surface area contributed by atoms with Crippen molar-refractivity contribution >= 4 is 0 Å². The minimum Gasteiger partial charge on any atom is -0.502 e. The number of rotatable bonds is 3. The van der Waals surface area contributed by atoms with Gasteiger partial charge in [-0.15, -0.1) is 0 Å². The molecule has 0 aromatic heterocycles. The Labute approximate surface area is 95.4 Å². The van der Waals surface area contributed by atoms with E-state index in [1.807, 2.05) is 20.2 Å². The first-order valence-corrected chi connectivity index (χ1v) is 5.32. The molecule has 2 rings (SSSR count). The predicted molar refractivity (Wildman–Crippen MR) is 61.2 cm³/mol. The summed E-state index contributed by atoms with van der Waals surface area (Å²) in [6, 6.07) is 1.89. The van der Waals surface area contributed by atoms with E-state index in [-0.39, 0.29) is 5.75 Å². The number of hydrogen-bond donors (Lipinski definition) is 1. The number of methoxy groups -OCH3 is 1. The molecule has 1 aromatic rings. The summed E-state index contributed by atoms with van der Waals surface area (Å²) in [7, 11) is 5.58. The lowest BCUT2D eigenvalue weighted by Gasteiger charge is -2.15. The molecule has 1 aromatic carbocycles. The van der Waals surface area contributed by atoms with Gasteiger partial charge in [0, 0.05) is 18.5 Å². The van der Waals surface area contributed by atoms with Gasteiger partial charge in [0.1, 0.15) is 0 Å².